The first-order valence-electron chi connectivity index (χ1n) is 4.47. The van der Waals surface area contributed by atoms with Crippen molar-refractivity contribution >= 4 is 6.09 Å². The van der Waals surface area contributed by atoms with Gasteiger partial charge in [0.15, 0.2) is 0 Å². The highest BCUT2D eigenvalue weighted by Crippen LogP contribution is 2.33. The van der Waals surface area contributed by atoms with Crippen molar-refractivity contribution in [1.29, 1.82) is 0 Å². The summed E-state index contributed by atoms with van der Waals surface area (Å²) in [7, 11) is 1.37. The standard InChI is InChI=1S/C9H13NO3/c1-13-9(12)10-5-6-2-3-7(10)8(11)4-6/h4,6-7,11H,2-3,5H2,1H3. The van der Waals surface area contributed by atoms with Crippen LogP contribution in [0.4, 0.5) is 4.79 Å². The third kappa shape index (κ3) is 1.26. The van der Waals surface area contributed by atoms with Crippen LogP contribution in [0.1, 0.15) is 12.8 Å². The third-order valence-corrected chi connectivity index (χ3v) is 2.78. The molecule has 1 N–H and O–H groups in total. The maximum absolute atomic E-state index is 11.3. The number of hydrogen-bond donors (Lipinski definition) is 1. The molecule has 13 heavy (non-hydrogen) atoms. The van der Waals surface area contributed by atoms with Crippen molar-refractivity contribution in [2.75, 3.05) is 13.7 Å². The maximum Gasteiger partial charge on any atom is 0.410 e. The second kappa shape index (κ2) is 2.94. The number of hydrogen-bond acceptors (Lipinski definition) is 3. The van der Waals surface area contributed by atoms with Gasteiger partial charge >= 0.3 is 6.09 Å². The molecule has 0 aromatic heterocycles. The Morgan fingerprint density at radius 2 is 2.46 bits per heavy atom. The van der Waals surface area contributed by atoms with Crippen LogP contribution in [0.2, 0.25) is 0 Å². The number of amides is 1. The van der Waals surface area contributed by atoms with E-state index in [2.05, 4.69) is 4.74 Å². The van der Waals surface area contributed by atoms with E-state index in [1.165, 1.54) is 7.11 Å². The Morgan fingerprint density at radius 3 is 3.00 bits per heavy atom. The first kappa shape index (κ1) is 8.41. The number of fused-ring (bicyclic) bond motifs is 2. The van der Waals surface area contributed by atoms with Gasteiger partial charge in [0.25, 0.3) is 0 Å². The van der Waals surface area contributed by atoms with Crippen LogP contribution in [0.3, 0.4) is 0 Å². The van der Waals surface area contributed by atoms with Crippen molar-refractivity contribution in [2.24, 2.45) is 5.92 Å². The number of carbonyl (C=O) groups excluding carboxylic acids is 1. The van der Waals surface area contributed by atoms with Gasteiger partial charge in [0, 0.05) is 6.54 Å². The molecule has 0 saturated carbocycles. The van der Waals surface area contributed by atoms with Crippen LogP contribution in [0, 0.1) is 5.92 Å². The van der Waals surface area contributed by atoms with E-state index in [0.717, 1.165) is 12.8 Å². The van der Waals surface area contributed by atoms with Crippen molar-refractivity contribution in [3.05, 3.63) is 11.8 Å². The predicted octanol–water partition coefficient (Wildman–Crippen LogP) is 1.29. The van der Waals surface area contributed by atoms with Crippen molar-refractivity contribution in [3.8, 4) is 0 Å². The number of piperidine rings is 1. The Bertz CT molecular complexity index is 262. The predicted molar refractivity (Wildman–Crippen MR) is 46.3 cm³/mol. The molecule has 3 aliphatic rings. The molecule has 2 heterocycles. The molecule has 4 heteroatoms. The van der Waals surface area contributed by atoms with E-state index >= 15 is 0 Å². The number of aliphatic hydroxyl groups excluding tert-OH is 1. The van der Waals surface area contributed by atoms with E-state index in [4.69, 9.17) is 0 Å². The lowest BCUT2D eigenvalue weighted by molar-refractivity contribution is 0.0646. The molecule has 4 nitrogen and oxygen atoms in total. The minimum atomic E-state index is -0.339. The average molecular weight is 183 g/mol. The third-order valence-electron chi connectivity index (χ3n) is 2.78. The molecule has 2 unspecified atom stereocenters. The molecule has 1 fully saturated rings. The lowest BCUT2D eigenvalue weighted by Gasteiger charge is -2.41. The van der Waals surface area contributed by atoms with Crippen molar-refractivity contribution in [3.63, 3.8) is 0 Å². The topological polar surface area (TPSA) is 49.8 Å². The summed E-state index contributed by atoms with van der Waals surface area (Å²) >= 11 is 0. The summed E-state index contributed by atoms with van der Waals surface area (Å²) in [6.07, 6.45) is 3.42. The normalized spacial score (nSPS) is 31.5. The Morgan fingerprint density at radius 1 is 1.69 bits per heavy atom. The summed E-state index contributed by atoms with van der Waals surface area (Å²) in [4.78, 5) is 12.9. The van der Waals surface area contributed by atoms with Gasteiger partial charge in [-0.05, 0) is 24.8 Å². The highest BCUT2D eigenvalue weighted by molar-refractivity contribution is 5.69. The number of carbonyl (C=O) groups is 1. The fourth-order valence-electron chi connectivity index (χ4n) is 2.11. The van der Waals surface area contributed by atoms with E-state index in [1.807, 2.05) is 6.08 Å². The molecule has 3 rings (SSSR count). The monoisotopic (exact) mass is 183 g/mol. The first-order chi connectivity index (χ1) is 6.22. The summed E-state index contributed by atoms with van der Waals surface area (Å²) in [5.74, 6) is 0.636. The molecule has 2 aliphatic heterocycles. The lowest BCUT2D eigenvalue weighted by atomic mass is 9.85. The molecule has 1 amide bonds. The Labute approximate surface area is 76.8 Å². The molecule has 2 atom stereocenters. The van der Waals surface area contributed by atoms with Crippen LogP contribution in [0.25, 0.3) is 0 Å². The van der Waals surface area contributed by atoms with Crippen LogP contribution < -0.4 is 0 Å². The van der Waals surface area contributed by atoms with Crippen LogP contribution in [-0.4, -0.2) is 35.8 Å². The zero-order valence-corrected chi connectivity index (χ0v) is 7.56. The number of ether oxygens (including phenoxy) is 1. The van der Waals surface area contributed by atoms with Gasteiger partial charge in [-0.15, -0.1) is 0 Å². The molecular weight excluding hydrogens is 170 g/mol. The number of aliphatic hydroxyl groups is 1. The number of rotatable bonds is 0. The molecule has 2 bridgehead atoms. The largest absolute Gasteiger partial charge is 0.510 e. The van der Waals surface area contributed by atoms with Gasteiger partial charge in [-0.3, -0.25) is 4.90 Å². The Hall–Kier alpha value is -1.19. The molecule has 0 aromatic rings. The van der Waals surface area contributed by atoms with E-state index in [9.17, 15) is 9.90 Å². The molecule has 0 radical (unpaired) electrons. The maximum atomic E-state index is 11.3. The van der Waals surface area contributed by atoms with Crippen LogP contribution in [-0.2, 0) is 4.74 Å². The number of methoxy groups -OCH3 is 1. The van der Waals surface area contributed by atoms with Crippen LogP contribution in [0.15, 0.2) is 11.8 Å². The van der Waals surface area contributed by atoms with Gasteiger partial charge in [-0.2, -0.15) is 0 Å². The highest BCUT2D eigenvalue weighted by Gasteiger charge is 2.38. The minimum absolute atomic E-state index is 0.141. The van der Waals surface area contributed by atoms with Gasteiger partial charge in [0.1, 0.15) is 5.76 Å². The molecule has 0 aromatic carbocycles. The average Bonchev–Trinajstić information content (AvgIpc) is 2.17. The molecule has 1 saturated heterocycles. The van der Waals surface area contributed by atoms with Crippen LogP contribution >= 0.6 is 0 Å². The fraction of sp³-hybridized carbons (Fsp3) is 0.667. The SMILES string of the molecule is COC(=O)N1CC2C=C(O)C1CC2. The second-order valence-electron chi connectivity index (χ2n) is 3.57. The Kier molecular flexibility index (Phi) is 1.90. The zero-order valence-electron chi connectivity index (χ0n) is 7.56. The Balaban J connectivity index is 2.18. The first-order valence-corrected chi connectivity index (χ1v) is 4.47. The number of nitrogens with zero attached hydrogens (tertiary/aromatic N) is 1. The lowest BCUT2D eigenvalue weighted by Crippen LogP contribution is -2.50. The zero-order chi connectivity index (χ0) is 9.42. The smallest absolute Gasteiger partial charge is 0.410 e. The summed E-state index contributed by atoms with van der Waals surface area (Å²) in [6.45, 7) is 0.682. The van der Waals surface area contributed by atoms with Crippen LogP contribution in [0.5, 0.6) is 0 Å². The molecule has 0 spiro atoms. The molecule has 1 aliphatic carbocycles. The van der Waals surface area contributed by atoms with Gasteiger partial charge < -0.3 is 9.84 Å². The molecular formula is C9H13NO3. The van der Waals surface area contributed by atoms with E-state index < -0.39 is 0 Å². The van der Waals surface area contributed by atoms with Crippen molar-refractivity contribution in [1.82, 2.24) is 4.90 Å². The van der Waals surface area contributed by atoms with E-state index in [-0.39, 0.29) is 12.1 Å². The fourth-order valence-corrected chi connectivity index (χ4v) is 2.11. The van der Waals surface area contributed by atoms with Gasteiger partial charge in [-0.25, -0.2) is 4.79 Å². The highest BCUT2D eigenvalue weighted by atomic mass is 16.5. The summed E-state index contributed by atoms with van der Waals surface area (Å²) < 4.78 is 4.64. The van der Waals surface area contributed by atoms with Gasteiger partial charge in [-0.1, -0.05) is 0 Å². The van der Waals surface area contributed by atoms with E-state index in [1.54, 1.807) is 4.90 Å². The van der Waals surface area contributed by atoms with E-state index in [0.29, 0.717) is 18.2 Å². The summed E-state index contributed by atoms with van der Waals surface area (Å²) in [5.41, 5.74) is 0. The van der Waals surface area contributed by atoms with Crippen molar-refractivity contribution < 1.29 is 14.6 Å². The van der Waals surface area contributed by atoms with Gasteiger partial charge in [0.2, 0.25) is 0 Å². The molecule has 72 valence electrons. The minimum Gasteiger partial charge on any atom is -0.510 e. The summed E-state index contributed by atoms with van der Waals surface area (Å²) in [6, 6.07) is -0.141. The van der Waals surface area contributed by atoms with Crippen molar-refractivity contribution in [2.45, 2.75) is 18.9 Å². The summed E-state index contributed by atoms with van der Waals surface area (Å²) in [5, 5.41) is 9.53. The second-order valence-corrected chi connectivity index (χ2v) is 3.57. The quantitative estimate of drug-likeness (QED) is 0.615. The van der Waals surface area contributed by atoms with Gasteiger partial charge in [0.05, 0.1) is 13.2 Å².